The molecule has 3 aromatic rings. The molecule has 6 heteroatoms. The number of nitrogens with one attached hydrogen (secondary N) is 2. The van der Waals surface area contributed by atoms with Gasteiger partial charge in [0.25, 0.3) is 0 Å². The summed E-state index contributed by atoms with van der Waals surface area (Å²) in [6.45, 7) is 5.21. The molecule has 0 fully saturated rings. The predicted molar refractivity (Wildman–Crippen MR) is 96.9 cm³/mol. The minimum atomic E-state index is -0.0834. The van der Waals surface area contributed by atoms with Gasteiger partial charge in [-0.05, 0) is 43.5 Å². The maximum absolute atomic E-state index is 11.3. The second-order valence-corrected chi connectivity index (χ2v) is 6.63. The van der Waals surface area contributed by atoms with Crippen molar-refractivity contribution in [2.24, 2.45) is 5.92 Å². The number of amides is 1. The molecule has 0 radical (unpaired) electrons. The summed E-state index contributed by atoms with van der Waals surface area (Å²) in [4.78, 5) is 14.5. The minimum absolute atomic E-state index is 0.0834. The zero-order chi connectivity index (χ0) is 17.4. The van der Waals surface area contributed by atoms with Gasteiger partial charge in [0.15, 0.2) is 0 Å². The molecule has 2 heterocycles. The van der Waals surface area contributed by atoms with Crippen LogP contribution in [0.1, 0.15) is 25.1 Å². The number of aromatic amines is 1. The van der Waals surface area contributed by atoms with Crippen molar-refractivity contribution < 1.29 is 9.53 Å². The van der Waals surface area contributed by atoms with Gasteiger partial charge in [0, 0.05) is 42.7 Å². The number of benzene rings is 1. The summed E-state index contributed by atoms with van der Waals surface area (Å²) >= 11 is 0. The predicted octanol–water partition coefficient (Wildman–Crippen LogP) is 3.14. The average Bonchev–Trinajstić information content (AvgIpc) is 3.25. The molecule has 2 aromatic heterocycles. The fourth-order valence-corrected chi connectivity index (χ4v) is 3.48. The van der Waals surface area contributed by atoms with Gasteiger partial charge < -0.3 is 15.0 Å². The molecule has 0 spiro atoms. The third-order valence-corrected chi connectivity index (χ3v) is 4.69. The molecule has 2 N–H and O–H groups in total. The van der Waals surface area contributed by atoms with E-state index in [1.165, 1.54) is 18.2 Å². The maximum atomic E-state index is 11.3. The third-order valence-electron chi connectivity index (χ3n) is 4.69. The van der Waals surface area contributed by atoms with Gasteiger partial charge in [-0.1, -0.05) is 0 Å². The van der Waals surface area contributed by atoms with E-state index >= 15 is 0 Å². The highest BCUT2D eigenvalue weighted by molar-refractivity contribution is 6.01. The lowest BCUT2D eigenvalue weighted by molar-refractivity contribution is -0.114. The number of ether oxygens (including phenoxy) is 1. The van der Waals surface area contributed by atoms with Crippen LogP contribution in [0.15, 0.2) is 30.6 Å². The van der Waals surface area contributed by atoms with Crippen molar-refractivity contribution in [3.8, 4) is 5.75 Å². The number of hydrogen-bond acceptors (Lipinski definition) is 3. The Morgan fingerprint density at radius 3 is 3.08 bits per heavy atom. The van der Waals surface area contributed by atoms with Crippen LogP contribution in [0.25, 0.3) is 10.9 Å². The van der Waals surface area contributed by atoms with Crippen molar-refractivity contribution in [2.45, 2.75) is 33.2 Å². The Hall–Kier alpha value is -2.76. The van der Waals surface area contributed by atoms with Gasteiger partial charge in [-0.15, -0.1) is 0 Å². The molecule has 0 saturated heterocycles. The normalized spacial score (nSPS) is 16.2. The van der Waals surface area contributed by atoms with Gasteiger partial charge in [-0.25, -0.2) is 0 Å². The molecule has 130 valence electrons. The standard InChI is InChI=1S/C19H22N4O2/c1-3-23-10-14-6-13(7-18(14)22-23)11-25-15-4-5-17-16(8-15)19(9-20-17)21-12(2)24/h4-5,8-10,13,20H,3,6-7,11H2,1-2H3,(H,21,24). The van der Waals surface area contributed by atoms with E-state index in [4.69, 9.17) is 4.74 Å². The molecule has 0 bridgehead atoms. The molecule has 25 heavy (non-hydrogen) atoms. The largest absolute Gasteiger partial charge is 0.493 e. The third kappa shape index (κ3) is 3.12. The van der Waals surface area contributed by atoms with E-state index in [2.05, 4.69) is 28.5 Å². The maximum Gasteiger partial charge on any atom is 0.221 e. The van der Waals surface area contributed by atoms with Crippen LogP contribution < -0.4 is 10.1 Å². The van der Waals surface area contributed by atoms with Crippen molar-refractivity contribution >= 4 is 22.5 Å². The topological polar surface area (TPSA) is 71.9 Å². The van der Waals surface area contributed by atoms with Crippen LogP contribution >= 0.6 is 0 Å². The van der Waals surface area contributed by atoms with Crippen LogP contribution in [0, 0.1) is 5.92 Å². The first-order chi connectivity index (χ1) is 12.1. The Labute approximate surface area is 146 Å². The fourth-order valence-electron chi connectivity index (χ4n) is 3.48. The quantitative estimate of drug-likeness (QED) is 0.751. The van der Waals surface area contributed by atoms with E-state index in [-0.39, 0.29) is 5.91 Å². The zero-order valence-corrected chi connectivity index (χ0v) is 14.5. The Morgan fingerprint density at radius 2 is 2.32 bits per heavy atom. The molecular weight excluding hydrogens is 316 g/mol. The van der Waals surface area contributed by atoms with Gasteiger partial charge in [0.05, 0.1) is 18.0 Å². The Kier molecular flexibility index (Phi) is 3.95. The van der Waals surface area contributed by atoms with Crippen molar-refractivity contribution in [3.63, 3.8) is 0 Å². The summed E-state index contributed by atoms with van der Waals surface area (Å²) in [7, 11) is 0. The molecule has 1 aliphatic carbocycles. The lowest BCUT2D eigenvalue weighted by atomic mass is 10.1. The number of carbonyl (C=O) groups is 1. The van der Waals surface area contributed by atoms with Gasteiger partial charge >= 0.3 is 0 Å². The van der Waals surface area contributed by atoms with Crippen LogP contribution in [0.2, 0.25) is 0 Å². The van der Waals surface area contributed by atoms with Crippen molar-refractivity contribution in [1.29, 1.82) is 0 Å². The lowest BCUT2D eigenvalue weighted by Crippen LogP contribution is -2.13. The van der Waals surface area contributed by atoms with E-state index < -0.39 is 0 Å². The molecule has 0 aliphatic heterocycles. The number of anilines is 1. The van der Waals surface area contributed by atoms with Crippen LogP contribution in [0.5, 0.6) is 5.75 Å². The molecular formula is C19H22N4O2. The molecule has 1 aromatic carbocycles. The van der Waals surface area contributed by atoms with Crippen molar-refractivity contribution in [3.05, 3.63) is 41.9 Å². The van der Waals surface area contributed by atoms with Crippen molar-refractivity contribution in [1.82, 2.24) is 14.8 Å². The zero-order valence-electron chi connectivity index (χ0n) is 14.5. The van der Waals surface area contributed by atoms with E-state index in [0.29, 0.717) is 12.5 Å². The average molecular weight is 338 g/mol. The highest BCUT2D eigenvalue weighted by atomic mass is 16.5. The first-order valence-electron chi connectivity index (χ1n) is 8.69. The summed E-state index contributed by atoms with van der Waals surface area (Å²) in [6, 6.07) is 5.91. The van der Waals surface area contributed by atoms with Crippen LogP contribution in [0.4, 0.5) is 5.69 Å². The summed E-state index contributed by atoms with van der Waals surface area (Å²) in [5, 5.41) is 8.40. The fraction of sp³-hybridized carbons (Fsp3) is 0.368. The molecule has 0 saturated carbocycles. The summed E-state index contributed by atoms with van der Waals surface area (Å²) < 4.78 is 8.03. The lowest BCUT2D eigenvalue weighted by Gasteiger charge is -2.12. The monoisotopic (exact) mass is 338 g/mol. The van der Waals surface area contributed by atoms with E-state index in [9.17, 15) is 4.79 Å². The molecule has 4 rings (SSSR count). The second-order valence-electron chi connectivity index (χ2n) is 6.63. The van der Waals surface area contributed by atoms with Crippen molar-refractivity contribution in [2.75, 3.05) is 11.9 Å². The number of fused-ring (bicyclic) bond motifs is 2. The van der Waals surface area contributed by atoms with Gasteiger partial charge in [0.2, 0.25) is 5.91 Å². The minimum Gasteiger partial charge on any atom is -0.493 e. The van der Waals surface area contributed by atoms with Gasteiger partial charge in [0.1, 0.15) is 5.75 Å². The molecule has 6 nitrogen and oxygen atoms in total. The highest BCUT2D eigenvalue weighted by Gasteiger charge is 2.25. The SMILES string of the molecule is CCn1cc2c(n1)CC(COc1ccc3[nH]cc(NC(C)=O)c3c1)C2. The summed E-state index contributed by atoms with van der Waals surface area (Å²) in [6.07, 6.45) is 5.96. The number of carbonyl (C=O) groups excluding carboxylic acids is 1. The van der Waals surface area contributed by atoms with Gasteiger partial charge in [-0.3, -0.25) is 9.48 Å². The number of aryl methyl sites for hydroxylation is 1. The van der Waals surface area contributed by atoms with E-state index in [1.54, 1.807) is 6.20 Å². The van der Waals surface area contributed by atoms with Crippen LogP contribution in [-0.2, 0) is 24.2 Å². The number of H-pyrrole nitrogens is 1. The number of hydrogen-bond donors (Lipinski definition) is 2. The molecule has 1 aliphatic rings. The van der Waals surface area contributed by atoms with E-state index in [0.717, 1.165) is 41.7 Å². The highest BCUT2D eigenvalue weighted by Crippen LogP contribution is 2.29. The Morgan fingerprint density at radius 1 is 1.44 bits per heavy atom. The first-order valence-corrected chi connectivity index (χ1v) is 8.69. The van der Waals surface area contributed by atoms with Crippen LogP contribution in [0.3, 0.4) is 0 Å². The van der Waals surface area contributed by atoms with Gasteiger partial charge in [-0.2, -0.15) is 5.10 Å². The van der Waals surface area contributed by atoms with E-state index in [1.807, 2.05) is 22.9 Å². The number of aromatic nitrogens is 3. The first kappa shape index (κ1) is 15.7. The summed E-state index contributed by atoms with van der Waals surface area (Å²) in [5.41, 5.74) is 4.32. The molecule has 1 unspecified atom stereocenters. The second kappa shape index (κ2) is 6.27. The Balaban J connectivity index is 1.43. The summed E-state index contributed by atoms with van der Waals surface area (Å²) in [5.74, 6) is 1.21. The Bertz CT molecular complexity index is 901. The number of nitrogens with zero attached hydrogens (tertiary/aromatic N) is 2. The number of rotatable bonds is 5. The van der Waals surface area contributed by atoms with Crippen LogP contribution in [-0.4, -0.2) is 27.3 Å². The molecule has 1 atom stereocenters. The smallest absolute Gasteiger partial charge is 0.221 e. The molecule has 1 amide bonds.